The number of para-hydroxylation sites is 1. The van der Waals surface area contributed by atoms with Crippen LogP contribution >= 0.6 is 0 Å². The number of benzene rings is 2. The Kier molecular flexibility index (Phi) is 5.79. The number of carbonyl (C=O) groups is 3. The van der Waals surface area contributed by atoms with Crippen molar-refractivity contribution in [1.82, 2.24) is 5.43 Å². The van der Waals surface area contributed by atoms with Gasteiger partial charge in [-0.3, -0.25) is 9.59 Å². The zero-order valence-corrected chi connectivity index (χ0v) is 12.9. The number of hydrogen-bond donors (Lipinski definition) is 2. The van der Waals surface area contributed by atoms with Crippen molar-refractivity contribution in [2.24, 2.45) is 5.10 Å². The van der Waals surface area contributed by atoms with Crippen LogP contribution in [0.1, 0.15) is 15.9 Å². The lowest BCUT2D eigenvalue weighted by Crippen LogP contribution is -2.32. The number of esters is 1. The quantitative estimate of drug-likeness (QED) is 0.386. The Morgan fingerprint density at radius 2 is 1.62 bits per heavy atom. The number of methoxy groups -OCH3 is 1. The number of nitrogens with zero attached hydrogens (tertiary/aromatic N) is 1. The molecule has 0 aliphatic rings. The fraction of sp³-hybridized carbons (Fsp3) is 0.0588. The van der Waals surface area contributed by atoms with Gasteiger partial charge in [0.2, 0.25) is 0 Å². The van der Waals surface area contributed by atoms with Crippen LogP contribution < -0.4 is 10.7 Å². The van der Waals surface area contributed by atoms with Crippen molar-refractivity contribution in [3.63, 3.8) is 0 Å². The van der Waals surface area contributed by atoms with Crippen LogP contribution in [-0.4, -0.2) is 31.1 Å². The minimum Gasteiger partial charge on any atom is -0.465 e. The van der Waals surface area contributed by atoms with Crippen molar-refractivity contribution in [2.45, 2.75) is 0 Å². The number of amides is 2. The predicted octanol–water partition coefficient (Wildman–Crippen LogP) is 1.56. The van der Waals surface area contributed by atoms with Gasteiger partial charge < -0.3 is 10.1 Å². The molecule has 2 aromatic rings. The van der Waals surface area contributed by atoms with E-state index in [-0.39, 0.29) is 0 Å². The Morgan fingerprint density at radius 3 is 2.25 bits per heavy atom. The summed E-state index contributed by atoms with van der Waals surface area (Å²) in [6, 6.07) is 15.0. The van der Waals surface area contributed by atoms with Gasteiger partial charge in [-0.2, -0.15) is 5.10 Å². The van der Waals surface area contributed by atoms with E-state index < -0.39 is 17.8 Å². The van der Waals surface area contributed by atoms with Crippen LogP contribution in [-0.2, 0) is 14.3 Å². The third-order valence-electron chi connectivity index (χ3n) is 2.95. The van der Waals surface area contributed by atoms with Crippen LogP contribution in [0.3, 0.4) is 0 Å². The molecule has 0 bridgehead atoms. The van der Waals surface area contributed by atoms with Crippen LogP contribution in [0.25, 0.3) is 0 Å². The lowest BCUT2D eigenvalue weighted by Gasteiger charge is -2.03. The van der Waals surface area contributed by atoms with Crippen molar-refractivity contribution in [2.75, 3.05) is 12.4 Å². The maximum atomic E-state index is 11.7. The van der Waals surface area contributed by atoms with E-state index in [1.54, 1.807) is 54.6 Å². The second-order valence-electron chi connectivity index (χ2n) is 4.63. The van der Waals surface area contributed by atoms with Crippen molar-refractivity contribution in [1.29, 1.82) is 0 Å². The Balaban J connectivity index is 1.87. The molecule has 0 aromatic heterocycles. The number of ether oxygens (including phenoxy) is 1. The zero-order chi connectivity index (χ0) is 17.4. The van der Waals surface area contributed by atoms with Gasteiger partial charge in [-0.25, -0.2) is 10.2 Å². The molecule has 0 atom stereocenters. The topological polar surface area (TPSA) is 96.9 Å². The standard InChI is InChI=1S/C17H15N3O4/c1-24-17(23)13-9-7-12(8-10-13)11-18-20-16(22)15(21)19-14-5-3-2-4-6-14/h2-11H,1H3,(H,19,21)(H,20,22). The SMILES string of the molecule is COC(=O)c1ccc(C=NNC(=O)C(=O)Nc2ccccc2)cc1. The minimum absolute atomic E-state index is 0.404. The van der Waals surface area contributed by atoms with Gasteiger partial charge in [-0.1, -0.05) is 30.3 Å². The molecule has 0 spiro atoms. The molecule has 0 unspecified atom stereocenters. The Hall–Kier alpha value is -3.48. The molecule has 2 N–H and O–H groups in total. The van der Waals surface area contributed by atoms with Gasteiger partial charge in [0.25, 0.3) is 0 Å². The molecule has 0 aliphatic carbocycles. The summed E-state index contributed by atoms with van der Waals surface area (Å²) in [5.74, 6) is -2.15. The normalized spacial score (nSPS) is 10.2. The molecular weight excluding hydrogens is 310 g/mol. The fourth-order valence-electron chi connectivity index (χ4n) is 1.75. The lowest BCUT2D eigenvalue weighted by molar-refractivity contribution is -0.136. The smallest absolute Gasteiger partial charge is 0.337 e. The number of anilines is 1. The molecular formula is C17H15N3O4. The Bertz CT molecular complexity index is 755. The summed E-state index contributed by atoms with van der Waals surface area (Å²) in [5.41, 5.74) is 3.69. The molecule has 7 nitrogen and oxygen atoms in total. The van der Waals surface area contributed by atoms with E-state index in [9.17, 15) is 14.4 Å². The van der Waals surface area contributed by atoms with Gasteiger partial charge in [0.05, 0.1) is 18.9 Å². The third kappa shape index (κ3) is 4.77. The predicted molar refractivity (Wildman–Crippen MR) is 88.6 cm³/mol. The van der Waals surface area contributed by atoms with E-state index in [2.05, 4.69) is 20.6 Å². The van der Waals surface area contributed by atoms with Crippen LogP contribution in [0.4, 0.5) is 5.69 Å². The van der Waals surface area contributed by atoms with E-state index in [0.717, 1.165) is 0 Å². The van der Waals surface area contributed by atoms with E-state index in [1.807, 2.05) is 0 Å². The third-order valence-corrected chi connectivity index (χ3v) is 2.95. The maximum absolute atomic E-state index is 11.7. The van der Waals surface area contributed by atoms with Crippen LogP contribution in [0.15, 0.2) is 59.7 Å². The first-order chi connectivity index (χ1) is 11.6. The molecule has 7 heteroatoms. The lowest BCUT2D eigenvalue weighted by atomic mass is 10.1. The highest BCUT2D eigenvalue weighted by Crippen LogP contribution is 2.05. The van der Waals surface area contributed by atoms with Crippen molar-refractivity contribution >= 4 is 29.7 Å². The molecule has 0 saturated carbocycles. The summed E-state index contributed by atoms with van der Waals surface area (Å²) in [7, 11) is 1.30. The van der Waals surface area contributed by atoms with Crippen LogP contribution in [0.2, 0.25) is 0 Å². The number of carbonyl (C=O) groups excluding carboxylic acids is 3. The van der Waals surface area contributed by atoms with E-state index in [0.29, 0.717) is 16.8 Å². The van der Waals surface area contributed by atoms with Gasteiger partial charge in [0.15, 0.2) is 0 Å². The van der Waals surface area contributed by atoms with Crippen LogP contribution in [0.5, 0.6) is 0 Å². The van der Waals surface area contributed by atoms with Gasteiger partial charge in [-0.15, -0.1) is 0 Å². The fourth-order valence-corrected chi connectivity index (χ4v) is 1.75. The first-order valence-corrected chi connectivity index (χ1v) is 6.98. The molecule has 2 aromatic carbocycles. The summed E-state index contributed by atoms with van der Waals surface area (Å²) >= 11 is 0. The minimum atomic E-state index is -0.888. The Labute approximate surface area is 138 Å². The average Bonchev–Trinajstić information content (AvgIpc) is 2.62. The first-order valence-electron chi connectivity index (χ1n) is 6.98. The molecule has 2 rings (SSSR count). The maximum Gasteiger partial charge on any atom is 0.337 e. The highest BCUT2D eigenvalue weighted by molar-refractivity contribution is 6.39. The monoisotopic (exact) mass is 325 g/mol. The summed E-state index contributed by atoms with van der Waals surface area (Å²) < 4.78 is 4.59. The van der Waals surface area contributed by atoms with E-state index in [4.69, 9.17) is 0 Å². The van der Waals surface area contributed by atoms with Crippen molar-refractivity contribution < 1.29 is 19.1 Å². The summed E-state index contributed by atoms with van der Waals surface area (Å²) in [6.45, 7) is 0. The molecule has 122 valence electrons. The largest absolute Gasteiger partial charge is 0.465 e. The van der Waals surface area contributed by atoms with Crippen LogP contribution in [0, 0.1) is 0 Å². The molecule has 0 fully saturated rings. The number of nitrogens with one attached hydrogen (secondary N) is 2. The molecule has 2 amide bonds. The zero-order valence-electron chi connectivity index (χ0n) is 12.9. The van der Waals surface area contributed by atoms with Crippen molar-refractivity contribution in [3.8, 4) is 0 Å². The second-order valence-corrected chi connectivity index (χ2v) is 4.63. The summed E-state index contributed by atoms with van der Waals surface area (Å²) in [6.07, 6.45) is 1.36. The van der Waals surface area contributed by atoms with Gasteiger partial charge in [0, 0.05) is 5.69 Å². The second kappa shape index (κ2) is 8.23. The van der Waals surface area contributed by atoms with E-state index in [1.165, 1.54) is 13.3 Å². The summed E-state index contributed by atoms with van der Waals surface area (Å²) in [5, 5.41) is 6.14. The van der Waals surface area contributed by atoms with Gasteiger partial charge >= 0.3 is 17.8 Å². The van der Waals surface area contributed by atoms with Gasteiger partial charge in [0.1, 0.15) is 0 Å². The van der Waals surface area contributed by atoms with E-state index >= 15 is 0 Å². The number of hydrazone groups is 1. The highest BCUT2D eigenvalue weighted by atomic mass is 16.5. The first kappa shape index (κ1) is 16.9. The van der Waals surface area contributed by atoms with Gasteiger partial charge in [-0.05, 0) is 29.8 Å². The molecule has 24 heavy (non-hydrogen) atoms. The molecule has 0 heterocycles. The highest BCUT2D eigenvalue weighted by Gasteiger charge is 2.12. The Morgan fingerprint density at radius 1 is 0.958 bits per heavy atom. The molecule has 0 saturated heterocycles. The number of hydrogen-bond acceptors (Lipinski definition) is 5. The average molecular weight is 325 g/mol. The molecule has 0 aliphatic heterocycles. The molecule has 0 radical (unpaired) electrons. The van der Waals surface area contributed by atoms with Crippen molar-refractivity contribution in [3.05, 3.63) is 65.7 Å². The summed E-state index contributed by atoms with van der Waals surface area (Å²) in [4.78, 5) is 34.6. The number of rotatable bonds is 4.